The molecule has 2 rings (SSSR count). The minimum atomic E-state index is -0.421. The van der Waals surface area contributed by atoms with E-state index in [0.29, 0.717) is 11.8 Å². The predicted octanol–water partition coefficient (Wildman–Crippen LogP) is 3.92. The summed E-state index contributed by atoms with van der Waals surface area (Å²) in [6.07, 6.45) is 7.87. The highest BCUT2D eigenvalue weighted by molar-refractivity contribution is 5.15. The van der Waals surface area contributed by atoms with Crippen LogP contribution in [0.2, 0.25) is 0 Å². The van der Waals surface area contributed by atoms with Crippen molar-refractivity contribution in [1.29, 1.82) is 0 Å². The van der Waals surface area contributed by atoms with Gasteiger partial charge in [0, 0.05) is 5.41 Å². The summed E-state index contributed by atoms with van der Waals surface area (Å²) < 4.78 is 0. The Bertz CT molecular complexity index is 305. The van der Waals surface area contributed by atoms with E-state index in [2.05, 4.69) is 33.8 Å². The summed E-state index contributed by atoms with van der Waals surface area (Å²) in [5.74, 6) is 1.10. The fourth-order valence-corrected chi connectivity index (χ4v) is 3.92. The van der Waals surface area contributed by atoms with E-state index in [1.54, 1.807) is 0 Å². The van der Waals surface area contributed by atoms with Crippen molar-refractivity contribution in [1.82, 2.24) is 0 Å². The molecule has 16 heavy (non-hydrogen) atoms. The quantitative estimate of drug-likeness (QED) is 0.667. The van der Waals surface area contributed by atoms with Gasteiger partial charge in [0.1, 0.15) is 0 Å². The van der Waals surface area contributed by atoms with E-state index in [-0.39, 0.29) is 5.41 Å². The van der Waals surface area contributed by atoms with Crippen molar-refractivity contribution in [2.45, 2.75) is 65.4 Å². The molecule has 1 saturated carbocycles. The molecule has 2 unspecified atom stereocenters. The molecule has 0 radical (unpaired) electrons. The van der Waals surface area contributed by atoms with Gasteiger partial charge in [0.25, 0.3) is 0 Å². The smallest absolute Gasteiger partial charge is 0.0737 e. The predicted molar refractivity (Wildman–Crippen MR) is 68.2 cm³/mol. The van der Waals surface area contributed by atoms with E-state index in [1.807, 2.05) is 0 Å². The molecule has 92 valence electrons. The van der Waals surface area contributed by atoms with E-state index in [1.165, 1.54) is 18.4 Å². The first-order valence-electron chi connectivity index (χ1n) is 6.77. The van der Waals surface area contributed by atoms with Gasteiger partial charge in [-0.25, -0.2) is 0 Å². The monoisotopic (exact) mass is 222 g/mol. The molecule has 1 heteroatoms. The first-order valence-corrected chi connectivity index (χ1v) is 6.77. The van der Waals surface area contributed by atoms with Crippen molar-refractivity contribution >= 4 is 0 Å². The number of hydrogen-bond acceptors (Lipinski definition) is 1. The van der Waals surface area contributed by atoms with Crippen LogP contribution in [-0.2, 0) is 0 Å². The minimum Gasteiger partial charge on any atom is -0.389 e. The first-order chi connectivity index (χ1) is 7.39. The highest BCUT2D eigenvalue weighted by atomic mass is 16.3. The lowest BCUT2D eigenvalue weighted by molar-refractivity contribution is -0.0975. The number of hydrogen-bond donors (Lipinski definition) is 1. The first kappa shape index (κ1) is 12.2. The third-order valence-corrected chi connectivity index (χ3v) is 5.27. The molecule has 0 amide bonds. The molecule has 0 bridgehead atoms. The highest BCUT2D eigenvalue weighted by Crippen LogP contribution is 2.57. The van der Waals surface area contributed by atoms with E-state index in [4.69, 9.17) is 0 Å². The van der Waals surface area contributed by atoms with Crippen LogP contribution in [0.15, 0.2) is 11.6 Å². The van der Waals surface area contributed by atoms with Crippen LogP contribution >= 0.6 is 0 Å². The normalized spacial score (nSPS) is 44.1. The Morgan fingerprint density at radius 3 is 2.69 bits per heavy atom. The van der Waals surface area contributed by atoms with Crippen LogP contribution in [0.4, 0.5) is 0 Å². The summed E-state index contributed by atoms with van der Waals surface area (Å²) in [6, 6.07) is 0. The Kier molecular flexibility index (Phi) is 2.94. The maximum absolute atomic E-state index is 11.2. The van der Waals surface area contributed by atoms with Crippen molar-refractivity contribution in [3.63, 3.8) is 0 Å². The van der Waals surface area contributed by atoms with Crippen molar-refractivity contribution in [2.75, 3.05) is 0 Å². The molecule has 0 heterocycles. The van der Waals surface area contributed by atoms with Gasteiger partial charge in [0.2, 0.25) is 0 Å². The third-order valence-electron chi connectivity index (χ3n) is 5.27. The van der Waals surface area contributed by atoms with E-state index in [0.717, 1.165) is 19.3 Å². The van der Waals surface area contributed by atoms with Gasteiger partial charge in [-0.1, -0.05) is 32.4 Å². The maximum atomic E-state index is 11.2. The second-order valence-corrected chi connectivity index (χ2v) is 6.63. The number of fused-ring (bicyclic) bond motifs is 1. The van der Waals surface area contributed by atoms with Crippen molar-refractivity contribution < 1.29 is 5.11 Å². The van der Waals surface area contributed by atoms with E-state index in [9.17, 15) is 5.11 Å². The Hall–Kier alpha value is -0.300. The van der Waals surface area contributed by atoms with E-state index >= 15 is 0 Å². The molecule has 2 aliphatic rings. The molecular formula is C15H26O. The van der Waals surface area contributed by atoms with Gasteiger partial charge in [-0.05, 0) is 50.9 Å². The zero-order valence-corrected chi connectivity index (χ0v) is 11.2. The van der Waals surface area contributed by atoms with Crippen LogP contribution in [0.5, 0.6) is 0 Å². The summed E-state index contributed by atoms with van der Waals surface area (Å²) in [7, 11) is 0. The van der Waals surface area contributed by atoms with Crippen LogP contribution in [0.1, 0.15) is 59.8 Å². The molecule has 0 aromatic carbocycles. The lowest BCUT2D eigenvalue weighted by Gasteiger charge is -2.43. The van der Waals surface area contributed by atoms with Crippen LogP contribution < -0.4 is 0 Å². The lowest BCUT2D eigenvalue weighted by atomic mass is 9.67. The van der Waals surface area contributed by atoms with Gasteiger partial charge in [-0.2, -0.15) is 0 Å². The summed E-state index contributed by atoms with van der Waals surface area (Å²) >= 11 is 0. The van der Waals surface area contributed by atoms with Crippen LogP contribution in [0, 0.1) is 17.3 Å². The second kappa shape index (κ2) is 3.87. The zero-order chi connectivity index (χ0) is 12.0. The summed E-state index contributed by atoms with van der Waals surface area (Å²) in [4.78, 5) is 0. The summed E-state index contributed by atoms with van der Waals surface area (Å²) in [5.41, 5.74) is 1.17. The lowest BCUT2D eigenvalue weighted by Crippen LogP contribution is -2.47. The molecule has 0 aliphatic heterocycles. The summed E-state index contributed by atoms with van der Waals surface area (Å²) in [6.45, 7) is 9.03. The molecule has 0 saturated heterocycles. The van der Waals surface area contributed by atoms with Crippen molar-refractivity contribution in [2.24, 2.45) is 17.3 Å². The summed E-state index contributed by atoms with van der Waals surface area (Å²) in [5, 5.41) is 11.2. The molecule has 1 fully saturated rings. The molecule has 1 N–H and O–H groups in total. The number of aliphatic hydroxyl groups is 1. The molecular weight excluding hydrogens is 196 g/mol. The standard InChI is InChI=1S/C15H26O/c1-11(2)13-7-9-14(4)8-5-12(3)6-10-15(13,14)16/h5,11,13,16H,6-10H2,1-4H3/t13-,14?,15?/m1/s1. The van der Waals surface area contributed by atoms with Crippen LogP contribution in [0.25, 0.3) is 0 Å². The average molecular weight is 222 g/mol. The van der Waals surface area contributed by atoms with Gasteiger partial charge in [-0.3, -0.25) is 0 Å². The van der Waals surface area contributed by atoms with E-state index < -0.39 is 5.60 Å². The average Bonchev–Trinajstić information content (AvgIpc) is 2.41. The van der Waals surface area contributed by atoms with Gasteiger partial charge in [0.15, 0.2) is 0 Å². The molecule has 0 aromatic heterocycles. The Labute approximate surface area is 99.9 Å². The van der Waals surface area contributed by atoms with Gasteiger partial charge in [-0.15, -0.1) is 0 Å². The zero-order valence-electron chi connectivity index (χ0n) is 11.2. The highest BCUT2D eigenvalue weighted by Gasteiger charge is 2.56. The minimum absolute atomic E-state index is 0.125. The third kappa shape index (κ3) is 1.64. The van der Waals surface area contributed by atoms with Gasteiger partial charge in [0.05, 0.1) is 5.60 Å². The van der Waals surface area contributed by atoms with Crippen molar-refractivity contribution in [3.05, 3.63) is 11.6 Å². The topological polar surface area (TPSA) is 20.2 Å². The molecule has 3 atom stereocenters. The molecule has 0 spiro atoms. The Balaban J connectivity index is 2.32. The second-order valence-electron chi connectivity index (χ2n) is 6.63. The molecule has 0 aromatic rings. The van der Waals surface area contributed by atoms with Crippen LogP contribution in [-0.4, -0.2) is 10.7 Å². The molecule has 1 nitrogen and oxygen atoms in total. The maximum Gasteiger partial charge on any atom is 0.0737 e. The fraction of sp³-hybridized carbons (Fsp3) is 0.867. The fourth-order valence-electron chi connectivity index (χ4n) is 3.92. The van der Waals surface area contributed by atoms with Gasteiger partial charge < -0.3 is 5.11 Å². The van der Waals surface area contributed by atoms with Crippen molar-refractivity contribution in [3.8, 4) is 0 Å². The van der Waals surface area contributed by atoms with Crippen LogP contribution in [0.3, 0.4) is 0 Å². The van der Waals surface area contributed by atoms with Gasteiger partial charge >= 0.3 is 0 Å². The largest absolute Gasteiger partial charge is 0.389 e. The number of allylic oxidation sites excluding steroid dienone is 2. The molecule has 2 aliphatic carbocycles. The Morgan fingerprint density at radius 1 is 1.38 bits per heavy atom. The SMILES string of the molecule is CC1=CCC2(C)CC[C@H](C(C)C)C2(O)CC1. The Morgan fingerprint density at radius 2 is 2.06 bits per heavy atom. The number of rotatable bonds is 1.